The predicted molar refractivity (Wildman–Crippen MR) is 87.4 cm³/mol. The molecule has 2 rings (SSSR count). The molecule has 0 spiro atoms. The Kier molecular flexibility index (Phi) is 6.07. The van der Waals surface area contributed by atoms with Crippen molar-refractivity contribution in [1.29, 1.82) is 0 Å². The SMILES string of the molecule is CCC1CCNC(C(=O)NC(CC)c2ccc(Cl)cc2)C1. The maximum absolute atomic E-state index is 12.5. The first kappa shape index (κ1) is 16.3. The van der Waals surface area contributed by atoms with E-state index in [4.69, 9.17) is 11.6 Å². The Hall–Kier alpha value is -1.06. The summed E-state index contributed by atoms with van der Waals surface area (Å²) in [6, 6.07) is 7.72. The van der Waals surface area contributed by atoms with Crippen molar-refractivity contribution in [3.8, 4) is 0 Å². The smallest absolute Gasteiger partial charge is 0.237 e. The molecule has 3 unspecified atom stereocenters. The average Bonchev–Trinajstić information content (AvgIpc) is 2.53. The van der Waals surface area contributed by atoms with Crippen LogP contribution in [0, 0.1) is 5.92 Å². The van der Waals surface area contributed by atoms with Gasteiger partial charge in [0.05, 0.1) is 12.1 Å². The Labute approximate surface area is 132 Å². The molecule has 0 aliphatic carbocycles. The van der Waals surface area contributed by atoms with E-state index in [2.05, 4.69) is 24.5 Å². The van der Waals surface area contributed by atoms with Gasteiger partial charge in [-0.2, -0.15) is 0 Å². The highest BCUT2D eigenvalue weighted by atomic mass is 35.5. The number of carbonyl (C=O) groups is 1. The minimum absolute atomic E-state index is 0.0509. The van der Waals surface area contributed by atoms with Crippen molar-refractivity contribution in [1.82, 2.24) is 10.6 Å². The lowest BCUT2D eigenvalue weighted by Crippen LogP contribution is -2.49. The van der Waals surface area contributed by atoms with Crippen LogP contribution in [-0.4, -0.2) is 18.5 Å². The summed E-state index contributed by atoms with van der Waals surface area (Å²) in [5.41, 5.74) is 1.11. The van der Waals surface area contributed by atoms with Gasteiger partial charge in [-0.15, -0.1) is 0 Å². The van der Waals surface area contributed by atoms with Gasteiger partial charge in [-0.05, 0) is 49.4 Å². The summed E-state index contributed by atoms with van der Waals surface area (Å²) >= 11 is 5.92. The van der Waals surface area contributed by atoms with E-state index < -0.39 is 0 Å². The third kappa shape index (κ3) is 4.45. The Morgan fingerprint density at radius 2 is 2.10 bits per heavy atom. The number of rotatable bonds is 5. The van der Waals surface area contributed by atoms with Gasteiger partial charge in [0, 0.05) is 5.02 Å². The highest BCUT2D eigenvalue weighted by molar-refractivity contribution is 6.30. The van der Waals surface area contributed by atoms with Gasteiger partial charge in [-0.1, -0.05) is 44.0 Å². The highest BCUT2D eigenvalue weighted by Gasteiger charge is 2.27. The summed E-state index contributed by atoms with van der Waals surface area (Å²) in [6.45, 7) is 5.23. The summed E-state index contributed by atoms with van der Waals surface area (Å²) in [5, 5.41) is 7.23. The lowest BCUT2D eigenvalue weighted by molar-refractivity contribution is -0.124. The van der Waals surface area contributed by atoms with Gasteiger partial charge in [0.1, 0.15) is 0 Å². The molecule has 1 heterocycles. The third-order valence-corrected chi connectivity index (χ3v) is 4.66. The summed E-state index contributed by atoms with van der Waals surface area (Å²) < 4.78 is 0. The van der Waals surface area contributed by atoms with Crippen LogP contribution >= 0.6 is 11.6 Å². The Bertz CT molecular complexity index is 460. The minimum atomic E-state index is -0.0509. The van der Waals surface area contributed by atoms with Gasteiger partial charge in [-0.3, -0.25) is 4.79 Å². The molecule has 0 saturated carbocycles. The van der Waals surface area contributed by atoms with Gasteiger partial charge < -0.3 is 10.6 Å². The maximum atomic E-state index is 12.5. The fraction of sp³-hybridized carbons (Fsp3) is 0.588. The van der Waals surface area contributed by atoms with Crippen molar-refractivity contribution in [3.63, 3.8) is 0 Å². The van der Waals surface area contributed by atoms with E-state index in [0.717, 1.165) is 36.4 Å². The van der Waals surface area contributed by atoms with E-state index in [1.807, 2.05) is 24.3 Å². The lowest BCUT2D eigenvalue weighted by atomic mass is 9.90. The summed E-state index contributed by atoms with van der Waals surface area (Å²) in [7, 11) is 0. The zero-order valence-electron chi connectivity index (χ0n) is 12.9. The van der Waals surface area contributed by atoms with Gasteiger partial charge in [0.15, 0.2) is 0 Å². The molecule has 116 valence electrons. The van der Waals surface area contributed by atoms with Crippen LogP contribution in [0.15, 0.2) is 24.3 Å². The predicted octanol–water partition coefficient (Wildman–Crippen LogP) is 3.69. The summed E-state index contributed by atoms with van der Waals surface area (Å²) in [4.78, 5) is 12.5. The molecule has 0 radical (unpaired) electrons. The molecule has 0 bridgehead atoms. The molecule has 2 N–H and O–H groups in total. The van der Waals surface area contributed by atoms with Crippen LogP contribution in [0.25, 0.3) is 0 Å². The molecule has 1 aliphatic rings. The molecule has 1 saturated heterocycles. The second-order valence-corrected chi connectivity index (χ2v) is 6.26. The molecule has 4 heteroatoms. The van der Waals surface area contributed by atoms with E-state index in [1.165, 1.54) is 6.42 Å². The quantitative estimate of drug-likeness (QED) is 0.871. The molecule has 0 aromatic heterocycles. The van der Waals surface area contributed by atoms with Gasteiger partial charge >= 0.3 is 0 Å². The second-order valence-electron chi connectivity index (χ2n) is 5.83. The number of halogens is 1. The number of hydrogen-bond donors (Lipinski definition) is 2. The Morgan fingerprint density at radius 3 is 2.71 bits per heavy atom. The largest absolute Gasteiger partial charge is 0.348 e. The van der Waals surface area contributed by atoms with Crippen LogP contribution < -0.4 is 10.6 Å². The van der Waals surface area contributed by atoms with E-state index in [0.29, 0.717) is 5.92 Å². The highest BCUT2D eigenvalue weighted by Crippen LogP contribution is 2.22. The first-order valence-corrected chi connectivity index (χ1v) is 8.31. The molecule has 21 heavy (non-hydrogen) atoms. The van der Waals surface area contributed by atoms with Gasteiger partial charge in [0.2, 0.25) is 5.91 Å². The van der Waals surface area contributed by atoms with Crippen molar-refractivity contribution in [2.45, 2.75) is 51.6 Å². The normalized spacial score (nSPS) is 23.6. The fourth-order valence-electron chi connectivity index (χ4n) is 2.96. The van der Waals surface area contributed by atoms with E-state index >= 15 is 0 Å². The van der Waals surface area contributed by atoms with Crippen LogP contribution in [0.2, 0.25) is 5.02 Å². The van der Waals surface area contributed by atoms with Crippen molar-refractivity contribution in [3.05, 3.63) is 34.9 Å². The third-order valence-electron chi connectivity index (χ3n) is 4.40. The average molecular weight is 309 g/mol. The number of piperidine rings is 1. The number of hydrogen-bond acceptors (Lipinski definition) is 2. The molecular weight excluding hydrogens is 284 g/mol. The van der Waals surface area contributed by atoms with E-state index in [-0.39, 0.29) is 18.0 Å². The molecule has 1 aromatic carbocycles. The lowest BCUT2D eigenvalue weighted by Gasteiger charge is -2.30. The Balaban J connectivity index is 1.97. The van der Waals surface area contributed by atoms with Crippen LogP contribution in [0.3, 0.4) is 0 Å². The van der Waals surface area contributed by atoms with Crippen LogP contribution in [0.1, 0.15) is 51.1 Å². The molecule has 1 aliphatic heterocycles. The molecule has 1 aromatic rings. The second kappa shape index (κ2) is 7.81. The van der Waals surface area contributed by atoms with Crippen molar-refractivity contribution in [2.75, 3.05) is 6.54 Å². The first-order chi connectivity index (χ1) is 10.1. The standard InChI is InChI=1S/C17H25ClN2O/c1-3-12-9-10-19-16(11-12)17(21)20-15(4-2)13-5-7-14(18)8-6-13/h5-8,12,15-16,19H,3-4,9-11H2,1-2H3,(H,20,21). The topological polar surface area (TPSA) is 41.1 Å². The Morgan fingerprint density at radius 1 is 1.38 bits per heavy atom. The minimum Gasteiger partial charge on any atom is -0.348 e. The number of carbonyl (C=O) groups excluding carboxylic acids is 1. The zero-order chi connectivity index (χ0) is 15.2. The van der Waals surface area contributed by atoms with Gasteiger partial charge in [0.25, 0.3) is 0 Å². The molecule has 1 amide bonds. The summed E-state index contributed by atoms with van der Waals surface area (Å²) in [6.07, 6.45) is 4.14. The monoisotopic (exact) mass is 308 g/mol. The van der Waals surface area contributed by atoms with Gasteiger partial charge in [-0.25, -0.2) is 0 Å². The van der Waals surface area contributed by atoms with Crippen molar-refractivity contribution >= 4 is 17.5 Å². The van der Waals surface area contributed by atoms with Crippen molar-refractivity contribution < 1.29 is 4.79 Å². The van der Waals surface area contributed by atoms with Crippen LogP contribution in [0.4, 0.5) is 0 Å². The number of amides is 1. The fourth-order valence-corrected chi connectivity index (χ4v) is 3.08. The van der Waals surface area contributed by atoms with Crippen LogP contribution in [0.5, 0.6) is 0 Å². The number of benzene rings is 1. The molecular formula is C17H25ClN2O. The molecule has 3 nitrogen and oxygen atoms in total. The van der Waals surface area contributed by atoms with E-state index in [1.54, 1.807) is 0 Å². The van der Waals surface area contributed by atoms with E-state index in [9.17, 15) is 4.79 Å². The van der Waals surface area contributed by atoms with Crippen LogP contribution in [-0.2, 0) is 4.79 Å². The van der Waals surface area contributed by atoms with Crippen molar-refractivity contribution in [2.24, 2.45) is 5.92 Å². The first-order valence-electron chi connectivity index (χ1n) is 7.93. The molecule has 3 atom stereocenters. The number of nitrogens with one attached hydrogen (secondary N) is 2. The molecule has 1 fully saturated rings. The maximum Gasteiger partial charge on any atom is 0.237 e. The zero-order valence-corrected chi connectivity index (χ0v) is 13.6. The summed E-state index contributed by atoms with van der Waals surface area (Å²) in [5.74, 6) is 0.785.